The molecule has 0 amide bonds. The predicted molar refractivity (Wildman–Crippen MR) is 138 cm³/mol. The van der Waals surface area contributed by atoms with Gasteiger partial charge in [0.05, 0.1) is 11.3 Å². The lowest BCUT2D eigenvalue weighted by Crippen LogP contribution is -2.37. The molecule has 190 valence electrons. The number of aromatic nitrogens is 4. The van der Waals surface area contributed by atoms with Gasteiger partial charge in [-0.1, -0.05) is 19.6 Å². The molecule has 0 aromatic carbocycles. The van der Waals surface area contributed by atoms with Crippen LogP contribution < -0.4 is 5.32 Å². The molecule has 0 saturated heterocycles. The molecule has 4 rings (SSSR count). The SMILES string of the molecule is CC(C)(C)OC(=O)CC1CC(Nc2c(-c3nnco3)cnc3c2ccn3COCC[Si](C)(C)C)C1. The smallest absolute Gasteiger partial charge is 0.306 e. The summed E-state index contributed by atoms with van der Waals surface area (Å²) < 4.78 is 18.9. The fourth-order valence-electron chi connectivity index (χ4n) is 4.24. The highest BCUT2D eigenvalue weighted by Crippen LogP contribution is 2.39. The molecule has 0 aliphatic heterocycles. The molecule has 1 aliphatic carbocycles. The monoisotopic (exact) mass is 499 g/mol. The van der Waals surface area contributed by atoms with Gasteiger partial charge < -0.3 is 23.8 Å². The molecular weight excluding hydrogens is 462 g/mol. The molecule has 0 unspecified atom stereocenters. The molecule has 9 nitrogen and oxygen atoms in total. The molecule has 1 aliphatic rings. The van der Waals surface area contributed by atoms with Crippen LogP contribution in [0, 0.1) is 5.92 Å². The van der Waals surface area contributed by atoms with Crippen LogP contribution in [0.5, 0.6) is 0 Å². The maximum atomic E-state index is 12.2. The van der Waals surface area contributed by atoms with Gasteiger partial charge in [-0.2, -0.15) is 0 Å². The number of carbonyl (C=O) groups excluding carboxylic acids is 1. The topological polar surface area (TPSA) is 104 Å². The molecule has 0 atom stereocenters. The molecule has 0 radical (unpaired) electrons. The van der Waals surface area contributed by atoms with Crippen LogP contribution in [0.15, 0.2) is 29.3 Å². The highest BCUT2D eigenvalue weighted by molar-refractivity contribution is 6.76. The Balaban J connectivity index is 1.46. The Morgan fingerprint density at radius 2 is 2.06 bits per heavy atom. The van der Waals surface area contributed by atoms with Gasteiger partial charge in [-0.3, -0.25) is 4.79 Å². The quantitative estimate of drug-likeness (QED) is 0.227. The summed E-state index contributed by atoms with van der Waals surface area (Å²) in [5, 5.41) is 12.6. The van der Waals surface area contributed by atoms with Crippen LogP contribution in [0.2, 0.25) is 25.7 Å². The summed E-state index contributed by atoms with van der Waals surface area (Å²) in [6, 6.07) is 3.41. The summed E-state index contributed by atoms with van der Waals surface area (Å²) in [7, 11) is -1.14. The maximum absolute atomic E-state index is 12.2. The number of hydrogen-bond acceptors (Lipinski definition) is 8. The molecule has 1 N–H and O–H groups in total. The number of ether oxygens (including phenoxy) is 2. The third-order valence-electron chi connectivity index (χ3n) is 6.07. The fraction of sp³-hybridized carbons (Fsp3) is 0.600. The second kappa shape index (κ2) is 10.1. The Bertz CT molecular complexity index is 1140. The number of hydrogen-bond donors (Lipinski definition) is 1. The Hall–Kier alpha value is -2.72. The van der Waals surface area contributed by atoms with E-state index in [1.54, 1.807) is 6.20 Å². The summed E-state index contributed by atoms with van der Waals surface area (Å²) in [6.45, 7) is 13.9. The molecule has 0 bridgehead atoms. The van der Waals surface area contributed by atoms with Gasteiger partial charge in [-0.15, -0.1) is 10.2 Å². The summed E-state index contributed by atoms with van der Waals surface area (Å²) >= 11 is 0. The summed E-state index contributed by atoms with van der Waals surface area (Å²) in [5.41, 5.74) is 2.07. The summed E-state index contributed by atoms with van der Waals surface area (Å²) in [6.07, 6.45) is 7.33. The van der Waals surface area contributed by atoms with Gasteiger partial charge in [-0.25, -0.2) is 4.98 Å². The van der Waals surface area contributed by atoms with Crippen molar-refractivity contribution >= 4 is 30.8 Å². The molecule has 35 heavy (non-hydrogen) atoms. The van der Waals surface area contributed by atoms with Crippen molar-refractivity contribution in [2.24, 2.45) is 5.92 Å². The first-order valence-corrected chi connectivity index (χ1v) is 16.0. The number of carbonyl (C=O) groups is 1. The van der Waals surface area contributed by atoms with Gasteiger partial charge in [0, 0.05) is 44.9 Å². The molecule has 10 heteroatoms. The van der Waals surface area contributed by atoms with Crippen LogP contribution in [-0.4, -0.2) is 52.0 Å². The average molecular weight is 500 g/mol. The van der Waals surface area contributed by atoms with E-state index >= 15 is 0 Å². The van der Waals surface area contributed by atoms with Crippen molar-refractivity contribution in [1.29, 1.82) is 0 Å². The molecule has 1 fully saturated rings. The number of nitrogens with one attached hydrogen (secondary N) is 1. The van der Waals surface area contributed by atoms with Crippen LogP contribution >= 0.6 is 0 Å². The fourth-order valence-corrected chi connectivity index (χ4v) is 4.99. The van der Waals surface area contributed by atoms with Crippen LogP contribution in [0.1, 0.15) is 40.0 Å². The maximum Gasteiger partial charge on any atom is 0.306 e. The van der Waals surface area contributed by atoms with Crippen LogP contribution in [-0.2, 0) is 21.0 Å². The lowest BCUT2D eigenvalue weighted by molar-refractivity contribution is -0.156. The molecule has 1 saturated carbocycles. The van der Waals surface area contributed by atoms with Crippen LogP contribution in [0.4, 0.5) is 5.69 Å². The lowest BCUT2D eigenvalue weighted by atomic mass is 9.78. The van der Waals surface area contributed by atoms with E-state index < -0.39 is 13.7 Å². The highest BCUT2D eigenvalue weighted by Gasteiger charge is 2.33. The molecular formula is C25H37N5O4Si. The Kier molecular flexibility index (Phi) is 7.32. The van der Waals surface area contributed by atoms with Gasteiger partial charge in [0.2, 0.25) is 6.39 Å². The van der Waals surface area contributed by atoms with E-state index in [0.717, 1.165) is 47.8 Å². The first kappa shape index (κ1) is 25.4. The number of nitrogens with zero attached hydrogens (tertiary/aromatic N) is 4. The highest BCUT2D eigenvalue weighted by atomic mass is 28.3. The molecule has 3 heterocycles. The molecule has 3 aromatic rings. The van der Waals surface area contributed by atoms with E-state index in [9.17, 15) is 4.79 Å². The second-order valence-electron chi connectivity index (χ2n) is 11.6. The van der Waals surface area contributed by atoms with E-state index in [1.807, 2.05) is 37.6 Å². The van der Waals surface area contributed by atoms with Crippen molar-refractivity contribution in [3.05, 3.63) is 24.9 Å². The first-order chi connectivity index (χ1) is 16.5. The van der Waals surface area contributed by atoms with Crippen LogP contribution in [0.3, 0.4) is 0 Å². The van der Waals surface area contributed by atoms with E-state index in [-0.39, 0.29) is 12.0 Å². The van der Waals surface area contributed by atoms with Crippen molar-refractivity contribution in [3.8, 4) is 11.5 Å². The van der Waals surface area contributed by atoms with Gasteiger partial charge in [0.15, 0.2) is 0 Å². The van der Waals surface area contributed by atoms with E-state index in [1.165, 1.54) is 6.39 Å². The standard InChI is InChI=1S/C25H37N5O4Si/c1-25(2,3)34-21(31)13-17-11-18(12-17)28-22-19-7-8-30(16-32-9-10-35(4,5)6)23(19)26-14-20(22)24-29-27-15-33-24/h7-8,14-15,17-18H,9-13,16H2,1-6H3,(H,26,28). The van der Waals surface area contributed by atoms with Crippen molar-refractivity contribution in [3.63, 3.8) is 0 Å². The number of rotatable bonds is 10. The third-order valence-corrected chi connectivity index (χ3v) is 7.77. The van der Waals surface area contributed by atoms with Gasteiger partial charge in [0.25, 0.3) is 5.89 Å². The lowest BCUT2D eigenvalue weighted by Gasteiger charge is -2.37. The average Bonchev–Trinajstić information content (AvgIpc) is 3.38. The van der Waals surface area contributed by atoms with Gasteiger partial charge in [0.1, 0.15) is 18.0 Å². The van der Waals surface area contributed by atoms with Crippen molar-refractivity contribution < 1.29 is 18.7 Å². The number of anilines is 1. The van der Waals surface area contributed by atoms with Gasteiger partial charge >= 0.3 is 5.97 Å². The minimum absolute atomic E-state index is 0.134. The van der Waals surface area contributed by atoms with Crippen LogP contribution in [0.25, 0.3) is 22.5 Å². The van der Waals surface area contributed by atoms with E-state index in [2.05, 4.69) is 40.1 Å². The minimum Gasteiger partial charge on any atom is -0.460 e. The third kappa shape index (κ3) is 6.70. The van der Waals surface area contributed by atoms with Gasteiger partial charge in [-0.05, 0) is 51.6 Å². The zero-order valence-electron chi connectivity index (χ0n) is 21.6. The van der Waals surface area contributed by atoms with Crippen molar-refractivity contribution in [2.75, 3.05) is 11.9 Å². The zero-order valence-corrected chi connectivity index (χ0v) is 22.6. The predicted octanol–water partition coefficient (Wildman–Crippen LogP) is 5.32. The number of pyridine rings is 1. The van der Waals surface area contributed by atoms with E-state index in [4.69, 9.17) is 13.9 Å². The Morgan fingerprint density at radius 1 is 1.29 bits per heavy atom. The molecule has 3 aromatic heterocycles. The van der Waals surface area contributed by atoms with Crippen molar-refractivity contribution in [1.82, 2.24) is 19.7 Å². The van der Waals surface area contributed by atoms with E-state index in [0.29, 0.717) is 25.0 Å². The number of fused-ring (bicyclic) bond motifs is 1. The first-order valence-electron chi connectivity index (χ1n) is 12.3. The second-order valence-corrected chi connectivity index (χ2v) is 17.3. The largest absolute Gasteiger partial charge is 0.460 e. The normalized spacial score (nSPS) is 18.5. The summed E-state index contributed by atoms with van der Waals surface area (Å²) in [4.78, 5) is 16.9. The Morgan fingerprint density at radius 3 is 2.71 bits per heavy atom. The number of esters is 1. The Labute approximate surface area is 207 Å². The minimum atomic E-state index is -1.14. The van der Waals surface area contributed by atoms with Crippen molar-refractivity contribution in [2.45, 2.75) is 84.1 Å². The molecule has 0 spiro atoms. The zero-order chi connectivity index (χ0) is 25.2. The summed E-state index contributed by atoms with van der Waals surface area (Å²) in [5.74, 6) is 0.603.